The summed E-state index contributed by atoms with van der Waals surface area (Å²) in [6.45, 7) is 4.86. The van der Waals surface area contributed by atoms with Gasteiger partial charge in [-0.15, -0.1) is 0 Å². The molecule has 0 aliphatic heterocycles. The molecule has 2 aromatic rings. The standard InChI is InChI=1S/C19H23NO/c1-3-19(4-2,15-20)13-8-14-21-18-12-7-10-16-9-5-6-11-17(16)18/h5-7,9-12H,3-4,8,13-14H2,1-2H3. The molecule has 0 heterocycles. The molecule has 0 atom stereocenters. The Hall–Kier alpha value is -2.01. The molecule has 2 nitrogen and oxygen atoms in total. The van der Waals surface area contributed by atoms with Gasteiger partial charge in [0.15, 0.2) is 0 Å². The summed E-state index contributed by atoms with van der Waals surface area (Å²) in [6, 6.07) is 16.9. The Morgan fingerprint density at radius 2 is 1.76 bits per heavy atom. The number of hydrogen-bond donors (Lipinski definition) is 0. The van der Waals surface area contributed by atoms with E-state index in [9.17, 15) is 5.26 Å². The second-order valence-corrected chi connectivity index (χ2v) is 5.53. The molecule has 0 saturated heterocycles. The highest BCUT2D eigenvalue weighted by molar-refractivity contribution is 5.88. The van der Waals surface area contributed by atoms with Crippen LogP contribution in [0, 0.1) is 16.7 Å². The largest absolute Gasteiger partial charge is 0.493 e. The van der Waals surface area contributed by atoms with Crippen LogP contribution < -0.4 is 4.74 Å². The maximum atomic E-state index is 9.34. The second kappa shape index (κ2) is 7.13. The van der Waals surface area contributed by atoms with Crippen molar-refractivity contribution >= 4 is 10.8 Å². The molecule has 2 aromatic carbocycles. The molecule has 0 radical (unpaired) electrons. The first-order valence-corrected chi connectivity index (χ1v) is 7.76. The molecule has 0 spiro atoms. The monoisotopic (exact) mass is 281 g/mol. The van der Waals surface area contributed by atoms with E-state index >= 15 is 0 Å². The lowest BCUT2D eigenvalue weighted by Crippen LogP contribution is -2.17. The van der Waals surface area contributed by atoms with Gasteiger partial charge in [0, 0.05) is 5.39 Å². The van der Waals surface area contributed by atoms with Gasteiger partial charge >= 0.3 is 0 Å². The number of hydrogen-bond acceptors (Lipinski definition) is 2. The smallest absolute Gasteiger partial charge is 0.127 e. The van der Waals surface area contributed by atoms with Crippen LogP contribution in [0.15, 0.2) is 42.5 Å². The van der Waals surface area contributed by atoms with Crippen LogP contribution in [0.25, 0.3) is 10.8 Å². The summed E-state index contributed by atoms with van der Waals surface area (Å²) >= 11 is 0. The van der Waals surface area contributed by atoms with Crippen LogP contribution in [-0.4, -0.2) is 6.61 Å². The Balaban J connectivity index is 1.96. The molecule has 0 aliphatic rings. The quantitative estimate of drug-likeness (QED) is 0.643. The summed E-state index contributed by atoms with van der Waals surface area (Å²) in [5.74, 6) is 0.934. The zero-order valence-corrected chi connectivity index (χ0v) is 12.9. The molecule has 0 aromatic heterocycles. The van der Waals surface area contributed by atoms with E-state index in [2.05, 4.69) is 38.1 Å². The van der Waals surface area contributed by atoms with Crippen molar-refractivity contribution in [3.63, 3.8) is 0 Å². The molecule has 21 heavy (non-hydrogen) atoms. The van der Waals surface area contributed by atoms with Crippen molar-refractivity contribution in [1.29, 1.82) is 5.26 Å². The van der Waals surface area contributed by atoms with Crippen LogP contribution in [-0.2, 0) is 0 Å². The van der Waals surface area contributed by atoms with Crippen molar-refractivity contribution in [2.24, 2.45) is 5.41 Å². The van der Waals surface area contributed by atoms with Crippen molar-refractivity contribution in [1.82, 2.24) is 0 Å². The molecular weight excluding hydrogens is 258 g/mol. The van der Waals surface area contributed by atoms with Crippen LogP contribution >= 0.6 is 0 Å². The summed E-state index contributed by atoms with van der Waals surface area (Å²) in [7, 11) is 0. The van der Waals surface area contributed by atoms with E-state index in [1.165, 1.54) is 5.39 Å². The zero-order valence-electron chi connectivity index (χ0n) is 12.9. The number of benzene rings is 2. The zero-order chi connectivity index (χ0) is 15.1. The average Bonchev–Trinajstić information content (AvgIpc) is 2.56. The fourth-order valence-electron chi connectivity index (χ4n) is 2.73. The van der Waals surface area contributed by atoms with E-state index in [4.69, 9.17) is 4.74 Å². The predicted molar refractivity (Wildman–Crippen MR) is 87.3 cm³/mol. The maximum Gasteiger partial charge on any atom is 0.127 e. The topological polar surface area (TPSA) is 33.0 Å². The Kier molecular flexibility index (Phi) is 5.22. The SMILES string of the molecule is CCC(C#N)(CC)CCCOc1cccc2ccccc12. The summed E-state index contributed by atoms with van der Waals surface area (Å²) < 4.78 is 5.94. The van der Waals surface area contributed by atoms with Gasteiger partial charge < -0.3 is 4.74 Å². The van der Waals surface area contributed by atoms with E-state index in [1.807, 2.05) is 24.3 Å². The molecule has 2 heteroatoms. The summed E-state index contributed by atoms with van der Waals surface area (Å²) in [5.41, 5.74) is -0.178. The molecule has 110 valence electrons. The Morgan fingerprint density at radius 1 is 1.05 bits per heavy atom. The molecular formula is C19H23NO. The van der Waals surface area contributed by atoms with E-state index in [0.717, 1.165) is 36.8 Å². The number of fused-ring (bicyclic) bond motifs is 1. The molecule has 0 fully saturated rings. The molecule has 0 aliphatic carbocycles. The van der Waals surface area contributed by atoms with E-state index in [1.54, 1.807) is 0 Å². The normalized spacial score (nSPS) is 11.3. The first kappa shape index (κ1) is 15.4. The lowest BCUT2D eigenvalue weighted by Gasteiger charge is -2.23. The van der Waals surface area contributed by atoms with Gasteiger partial charge in [0.2, 0.25) is 0 Å². The highest BCUT2D eigenvalue weighted by Gasteiger charge is 2.24. The third-order valence-electron chi connectivity index (χ3n) is 4.40. The number of nitriles is 1. The molecule has 0 unspecified atom stereocenters. The van der Waals surface area contributed by atoms with E-state index < -0.39 is 0 Å². The number of ether oxygens (including phenoxy) is 1. The lowest BCUT2D eigenvalue weighted by atomic mass is 9.80. The molecule has 2 rings (SSSR count). The molecule has 0 saturated carbocycles. The van der Waals surface area contributed by atoms with Gasteiger partial charge in [0.1, 0.15) is 5.75 Å². The Bertz CT molecular complexity index is 617. The van der Waals surface area contributed by atoms with Gasteiger partial charge in [-0.3, -0.25) is 0 Å². The Labute approximate surface area is 127 Å². The highest BCUT2D eigenvalue weighted by atomic mass is 16.5. The van der Waals surface area contributed by atoms with Crippen LogP contribution in [0.5, 0.6) is 5.75 Å². The minimum absolute atomic E-state index is 0.178. The minimum Gasteiger partial charge on any atom is -0.493 e. The third-order valence-corrected chi connectivity index (χ3v) is 4.40. The van der Waals surface area contributed by atoms with Gasteiger partial charge in [-0.05, 0) is 37.1 Å². The van der Waals surface area contributed by atoms with Gasteiger partial charge in [0.05, 0.1) is 18.1 Å². The molecule has 0 bridgehead atoms. The van der Waals surface area contributed by atoms with E-state index in [0.29, 0.717) is 6.61 Å². The van der Waals surface area contributed by atoms with Crippen molar-refractivity contribution in [3.05, 3.63) is 42.5 Å². The fourth-order valence-corrected chi connectivity index (χ4v) is 2.73. The maximum absolute atomic E-state index is 9.34. The minimum atomic E-state index is -0.178. The number of rotatable bonds is 7. The number of nitrogens with zero attached hydrogens (tertiary/aromatic N) is 1. The second-order valence-electron chi connectivity index (χ2n) is 5.53. The third kappa shape index (κ3) is 3.55. The van der Waals surface area contributed by atoms with Gasteiger partial charge in [-0.2, -0.15) is 5.26 Å². The van der Waals surface area contributed by atoms with Gasteiger partial charge in [0.25, 0.3) is 0 Å². The van der Waals surface area contributed by atoms with Crippen LogP contribution in [0.1, 0.15) is 39.5 Å². The summed E-state index contributed by atoms with van der Waals surface area (Å²) in [4.78, 5) is 0. The first-order valence-electron chi connectivity index (χ1n) is 7.76. The van der Waals surface area contributed by atoms with Crippen molar-refractivity contribution in [2.75, 3.05) is 6.61 Å². The molecule has 0 N–H and O–H groups in total. The molecule has 0 amide bonds. The first-order chi connectivity index (χ1) is 10.2. The Morgan fingerprint density at radius 3 is 2.48 bits per heavy atom. The van der Waals surface area contributed by atoms with Crippen molar-refractivity contribution in [3.8, 4) is 11.8 Å². The van der Waals surface area contributed by atoms with Gasteiger partial charge in [-0.25, -0.2) is 0 Å². The highest BCUT2D eigenvalue weighted by Crippen LogP contribution is 2.31. The van der Waals surface area contributed by atoms with Crippen molar-refractivity contribution < 1.29 is 4.74 Å². The predicted octanol–water partition coefficient (Wildman–Crippen LogP) is 5.33. The van der Waals surface area contributed by atoms with Crippen LogP contribution in [0.4, 0.5) is 0 Å². The van der Waals surface area contributed by atoms with Gasteiger partial charge in [-0.1, -0.05) is 50.2 Å². The average molecular weight is 281 g/mol. The van der Waals surface area contributed by atoms with Crippen molar-refractivity contribution in [2.45, 2.75) is 39.5 Å². The van der Waals surface area contributed by atoms with Crippen LogP contribution in [0.3, 0.4) is 0 Å². The summed E-state index contributed by atoms with van der Waals surface area (Å²) in [5, 5.41) is 11.7. The lowest BCUT2D eigenvalue weighted by molar-refractivity contribution is 0.260. The van der Waals surface area contributed by atoms with E-state index in [-0.39, 0.29) is 5.41 Å². The summed E-state index contributed by atoms with van der Waals surface area (Å²) in [6.07, 6.45) is 3.64. The fraction of sp³-hybridized carbons (Fsp3) is 0.421. The van der Waals surface area contributed by atoms with Crippen LogP contribution in [0.2, 0.25) is 0 Å².